The summed E-state index contributed by atoms with van der Waals surface area (Å²) in [5.74, 6) is 1.07. The van der Waals surface area contributed by atoms with Gasteiger partial charge >= 0.3 is 0 Å². The maximum atomic E-state index is 6.19. The Bertz CT molecular complexity index is 920. The number of fused-ring (bicyclic) bond motifs is 1. The molecule has 0 amide bonds. The van der Waals surface area contributed by atoms with Gasteiger partial charge < -0.3 is 4.42 Å². The average molecular weight is 331 g/mol. The van der Waals surface area contributed by atoms with Crippen LogP contribution in [0.1, 0.15) is 36.1 Å². The van der Waals surface area contributed by atoms with Crippen molar-refractivity contribution in [1.29, 1.82) is 0 Å². The van der Waals surface area contributed by atoms with Crippen LogP contribution in [0.15, 0.2) is 65.1 Å². The Balaban J connectivity index is 1.72. The number of furan rings is 1. The molecule has 25 heavy (non-hydrogen) atoms. The van der Waals surface area contributed by atoms with Crippen molar-refractivity contribution in [2.45, 2.75) is 31.7 Å². The van der Waals surface area contributed by atoms with E-state index >= 15 is 0 Å². The third kappa shape index (κ3) is 2.61. The van der Waals surface area contributed by atoms with Crippen LogP contribution in [0.2, 0.25) is 0 Å². The highest BCUT2D eigenvalue weighted by Gasteiger charge is 2.36. The van der Waals surface area contributed by atoms with E-state index in [-0.39, 0.29) is 5.54 Å². The zero-order valence-electron chi connectivity index (χ0n) is 15.3. The summed E-state index contributed by atoms with van der Waals surface area (Å²) >= 11 is 0. The van der Waals surface area contributed by atoms with E-state index < -0.39 is 0 Å². The van der Waals surface area contributed by atoms with Gasteiger partial charge in [-0.1, -0.05) is 54.6 Å². The number of para-hydroxylation sites is 1. The molecule has 128 valence electrons. The first-order valence-electron chi connectivity index (χ1n) is 9.02. The minimum Gasteiger partial charge on any atom is -0.456 e. The molecule has 0 saturated heterocycles. The molecule has 2 aromatic carbocycles. The lowest BCUT2D eigenvalue weighted by atomic mass is 9.76. The van der Waals surface area contributed by atoms with Crippen molar-refractivity contribution in [3.63, 3.8) is 0 Å². The largest absolute Gasteiger partial charge is 0.456 e. The van der Waals surface area contributed by atoms with E-state index in [2.05, 4.69) is 80.5 Å². The van der Waals surface area contributed by atoms with Gasteiger partial charge in [0, 0.05) is 16.5 Å². The van der Waals surface area contributed by atoms with Gasteiger partial charge in [-0.2, -0.15) is 0 Å². The summed E-state index contributed by atoms with van der Waals surface area (Å²) in [5, 5.41) is 1.23. The number of rotatable bonds is 3. The topological polar surface area (TPSA) is 16.4 Å². The van der Waals surface area contributed by atoms with E-state index in [1.807, 2.05) is 6.07 Å². The Morgan fingerprint density at radius 2 is 1.68 bits per heavy atom. The molecule has 0 bridgehead atoms. The number of hydrogen-bond acceptors (Lipinski definition) is 2. The summed E-state index contributed by atoms with van der Waals surface area (Å²) < 4.78 is 6.19. The van der Waals surface area contributed by atoms with Crippen molar-refractivity contribution in [2.75, 3.05) is 14.1 Å². The van der Waals surface area contributed by atoms with Gasteiger partial charge in [0.05, 0.1) is 0 Å². The summed E-state index contributed by atoms with van der Waals surface area (Å²) in [6.07, 6.45) is 5.54. The molecule has 2 nitrogen and oxygen atoms in total. The summed E-state index contributed by atoms with van der Waals surface area (Å²) in [5.41, 5.74) is 5.08. The van der Waals surface area contributed by atoms with Gasteiger partial charge in [-0.15, -0.1) is 0 Å². The van der Waals surface area contributed by atoms with E-state index in [0.717, 1.165) is 30.6 Å². The van der Waals surface area contributed by atoms with E-state index in [9.17, 15) is 0 Å². The van der Waals surface area contributed by atoms with Gasteiger partial charge in [0.1, 0.15) is 11.3 Å². The molecule has 4 rings (SSSR count). The highest BCUT2D eigenvalue weighted by Crippen LogP contribution is 2.44. The van der Waals surface area contributed by atoms with Crippen molar-refractivity contribution in [3.8, 4) is 0 Å². The molecule has 1 atom stereocenters. The van der Waals surface area contributed by atoms with Crippen LogP contribution in [0.3, 0.4) is 0 Å². The van der Waals surface area contributed by atoms with Crippen LogP contribution in [-0.4, -0.2) is 19.0 Å². The zero-order chi connectivity index (χ0) is 17.4. The Morgan fingerprint density at radius 3 is 2.32 bits per heavy atom. The minimum absolute atomic E-state index is 0.0741. The first-order valence-corrected chi connectivity index (χ1v) is 9.02. The lowest BCUT2D eigenvalue weighted by Crippen LogP contribution is -2.42. The fourth-order valence-electron chi connectivity index (χ4n) is 4.20. The molecule has 0 fully saturated rings. The first kappa shape index (κ1) is 16.2. The van der Waals surface area contributed by atoms with Crippen LogP contribution < -0.4 is 0 Å². The zero-order valence-corrected chi connectivity index (χ0v) is 15.3. The smallest absolute Gasteiger partial charge is 0.135 e. The van der Waals surface area contributed by atoms with Gasteiger partial charge in [0.2, 0.25) is 0 Å². The standard InChI is InChI=1S/C23H25NO/c1-17-20-11-7-8-12-21(20)25-22(17)18-13-15-23(16-14-18,24(2)3)19-9-5-4-6-10-19/h4-13H,14-16H2,1-3H3. The second-order valence-corrected chi connectivity index (χ2v) is 7.28. The summed E-state index contributed by atoms with van der Waals surface area (Å²) in [4.78, 5) is 2.38. The fraction of sp³-hybridized carbons (Fsp3) is 0.304. The molecule has 0 saturated carbocycles. The third-order valence-corrected chi connectivity index (χ3v) is 5.80. The third-order valence-electron chi connectivity index (χ3n) is 5.80. The lowest BCUT2D eigenvalue weighted by molar-refractivity contribution is 0.138. The van der Waals surface area contributed by atoms with Crippen molar-refractivity contribution < 1.29 is 4.42 Å². The molecule has 1 aliphatic carbocycles. The molecule has 0 N–H and O–H groups in total. The van der Waals surface area contributed by atoms with Gasteiger partial charge in [0.15, 0.2) is 0 Å². The Morgan fingerprint density at radius 1 is 0.960 bits per heavy atom. The van der Waals surface area contributed by atoms with Crippen LogP contribution >= 0.6 is 0 Å². The highest BCUT2D eigenvalue weighted by atomic mass is 16.3. The summed E-state index contributed by atoms with van der Waals surface area (Å²) in [6, 6.07) is 19.2. The molecule has 1 heterocycles. The average Bonchev–Trinajstić information content (AvgIpc) is 2.99. The van der Waals surface area contributed by atoms with Gasteiger partial charge in [-0.25, -0.2) is 0 Å². The van der Waals surface area contributed by atoms with Crippen LogP contribution in [0.25, 0.3) is 16.5 Å². The molecule has 2 heteroatoms. The van der Waals surface area contributed by atoms with Crippen molar-refractivity contribution in [3.05, 3.63) is 77.6 Å². The molecular weight excluding hydrogens is 306 g/mol. The number of aryl methyl sites for hydroxylation is 1. The predicted octanol–water partition coefficient (Wildman–Crippen LogP) is 5.77. The second kappa shape index (κ2) is 6.20. The Labute approximate surface area is 149 Å². The van der Waals surface area contributed by atoms with Gasteiger partial charge in [-0.3, -0.25) is 4.90 Å². The molecular formula is C23H25NO. The molecule has 0 aliphatic heterocycles. The maximum Gasteiger partial charge on any atom is 0.135 e. The number of nitrogens with zero attached hydrogens (tertiary/aromatic N) is 1. The quantitative estimate of drug-likeness (QED) is 0.606. The summed E-state index contributed by atoms with van der Waals surface area (Å²) in [6.45, 7) is 2.17. The number of benzene rings is 2. The molecule has 3 aromatic rings. The highest BCUT2D eigenvalue weighted by molar-refractivity contribution is 5.86. The van der Waals surface area contributed by atoms with E-state index in [4.69, 9.17) is 4.42 Å². The van der Waals surface area contributed by atoms with Gasteiger partial charge in [-0.05, 0) is 57.5 Å². The SMILES string of the molecule is Cc1c(C2=CCC(c3ccccc3)(N(C)C)CC2)oc2ccccc12. The van der Waals surface area contributed by atoms with E-state index in [1.54, 1.807) is 0 Å². The first-order chi connectivity index (χ1) is 12.1. The van der Waals surface area contributed by atoms with E-state index in [1.165, 1.54) is 22.1 Å². The van der Waals surface area contributed by atoms with Crippen LogP contribution in [-0.2, 0) is 5.54 Å². The summed E-state index contributed by atoms with van der Waals surface area (Å²) in [7, 11) is 4.39. The van der Waals surface area contributed by atoms with E-state index in [0.29, 0.717) is 0 Å². The minimum atomic E-state index is 0.0741. The predicted molar refractivity (Wildman–Crippen MR) is 105 cm³/mol. The molecule has 0 radical (unpaired) electrons. The van der Waals surface area contributed by atoms with Crippen molar-refractivity contribution in [1.82, 2.24) is 4.90 Å². The Hall–Kier alpha value is -2.32. The Kier molecular flexibility index (Phi) is 4.01. The number of allylic oxidation sites excluding steroid dienone is 1. The monoisotopic (exact) mass is 331 g/mol. The normalized spacial score (nSPS) is 20.9. The molecule has 1 aromatic heterocycles. The van der Waals surface area contributed by atoms with Crippen molar-refractivity contribution >= 4 is 16.5 Å². The maximum absolute atomic E-state index is 6.19. The van der Waals surface area contributed by atoms with Crippen LogP contribution in [0.5, 0.6) is 0 Å². The second-order valence-electron chi connectivity index (χ2n) is 7.28. The van der Waals surface area contributed by atoms with Crippen LogP contribution in [0.4, 0.5) is 0 Å². The van der Waals surface area contributed by atoms with Crippen LogP contribution in [0, 0.1) is 6.92 Å². The number of hydrogen-bond donors (Lipinski definition) is 0. The molecule has 1 aliphatic rings. The molecule has 1 unspecified atom stereocenters. The van der Waals surface area contributed by atoms with Crippen molar-refractivity contribution in [2.24, 2.45) is 0 Å². The fourth-order valence-corrected chi connectivity index (χ4v) is 4.20. The molecule has 0 spiro atoms. The van der Waals surface area contributed by atoms with Gasteiger partial charge in [0.25, 0.3) is 0 Å². The lowest BCUT2D eigenvalue weighted by Gasteiger charge is -2.42.